The normalized spacial score (nSPS) is 10.3. The van der Waals surface area contributed by atoms with Gasteiger partial charge in [-0.05, 0) is 30.3 Å². The summed E-state index contributed by atoms with van der Waals surface area (Å²) in [6.07, 6.45) is 0.703. The van der Waals surface area contributed by atoms with E-state index in [1.54, 1.807) is 30.3 Å². The molecule has 2 aromatic carbocycles. The molecule has 0 radical (unpaired) electrons. The van der Waals surface area contributed by atoms with Crippen LogP contribution in [0.4, 0.5) is 0 Å². The Morgan fingerprint density at radius 3 is 2.81 bits per heavy atom. The maximum absolute atomic E-state index is 11.1. The number of carbonyl (C=O) groups is 1. The Bertz CT molecular complexity index is 877. The lowest BCUT2D eigenvalue weighted by Gasteiger charge is -2.07. The third-order valence-corrected chi connectivity index (χ3v) is 3.46. The fourth-order valence-corrected chi connectivity index (χ4v) is 2.39. The summed E-state index contributed by atoms with van der Waals surface area (Å²) in [4.78, 5) is 11.1. The highest BCUT2D eigenvalue weighted by atomic mass is 79.9. The highest BCUT2D eigenvalue weighted by Crippen LogP contribution is 2.37. The van der Waals surface area contributed by atoms with Gasteiger partial charge < -0.3 is 9.15 Å². The van der Waals surface area contributed by atoms with E-state index in [1.807, 2.05) is 18.2 Å². The zero-order valence-electron chi connectivity index (χ0n) is 10.7. The maximum atomic E-state index is 11.1. The van der Waals surface area contributed by atoms with E-state index >= 15 is 0 Å². The fourth-order valence-electron chi connectivity index (χ4n) is 2.01. The molecule has 3 rings (SSSR count). The second-order valence-corrected chi connectivity index (χ2v) is 5.19. The van der Waals surface area contributed by atoms with Gasteiger partial charge in [0, 0.05) is 4.47 Å². The number of hydrogen-bond acceptors (Lipinski definition) is 4. The molecule has 0 aliphatic carbocycles. The van der Waals surface area contributed by atoms with E-state index in [2.05, 4.69) is 15.9 Å². The van der Waals surface area contributed by atoms with Crippen molar-refractivity contribution in [2.45, 2.75) is 0 Å². The number of aldehydes is 1. The van der Waals surface area contributed by atoms with Gasteiger partial charge in [0.15, 0.2) is 12.0 Å². The molecule has 0 aliphatic heterocycles. The highest BCUT2D eigenvalue weighted by Gasteiger charge is 2.17. The lowest BCUT2D eigenvalue weighted by Crippen LogP contribution is -1.91. The molecule has 0 N–H and O–H groups in total. The first-order chi connectivity index (χ1) is 10.2. The van der Waals surface area contributed by atoms with Gasteiger partial charge in [0.2, 0.25) is 5.76 Å². The topological polar surface area (TPSA) is 63.2 Å². The average Bonchev–Trinajstić information content (AvgIpc) is 2.87. The van der Waals surface area contributed by atoms with Crippen LogP contribution in [-0.4, -0.2) is 6.29 Å². The van der Waals surface area contributed by atoms with Gasteiger partial charge in [-0.3, -0.25) is 4.79 Å². The lowest BCUT2D eigenvalue weighted by molar-refractivity contribution is 0.112. The van der Waals surface area contributed by atoms with E-state index in [9.17, 15) is 4.79 Å². The number of ether oxygens (including phenoxy) is 1. The minimum Gasteiger partial charge on any atom is -0.451 e. The van der Waals surface area contributed by atoms with Crippen LogP contribution in [0.15, 0.2) is 51.4 Å². The first-order valence-corrected chi connectivity index (χ1v) is 6.86. The zero-order valence-corrected chi connectivity index (χ0v) is 12.3. The predicted octanol–water partition coefficient (Wildman–Crippen LogP) is 4.67. The summed E-state index contributed by atoms with van der Waals surface area (Å²) < 4.78 is 12.0. The number of nitrogens with zero attached hydrogens (tertiary/aromatic N) is 1. The number of furan rings is 1. The molecule has 0 saturated carbocycles. The second kappa shape index (κ2) is 5.43. The molecular formula is C16H8BrNO3. The Morgan fingerprint density at radius 2 is 2.05 bits per heavy atom. The Kier molecular flexibility index (Phi) is 3.46. The van der Waals surface area contributed by atoms with E-state index in [0.717, 1.165) is 4.47 Å². The minimum atomic E-state index is 0.0796. The second-order valence-electron chi connectivity index (χ2n) is 4.27. The van der Waals surface area contributed by atoms with Crippen molar-refractivity contribution >= 4 is 33.2 Å². The molecule has 0 bridgehead atoms. The van der Waals surface area contributed by atoms with Gasteiger partial charge in [-0.25, -0.2) is 0 Å². The van der Waals surface area contributed by atoms with E-state index in [1.165, 1.54) is 0 Å². The summed E-state index contributed by atoms with van der Waals surface area (Å²) in [5.74, 6) is 0.769. The summed E-state index contributed by atoms with van der Waals surface area (Å²) in [5, 5.41) is 9.86. The molecule has 0 unspecified atom stereocenters. The number of hydrogen-bond donors (Lipinski definition) is 0. The molecule has 0 atom stereocenters. The summed E-state index contributed by atoms with van der Waals surface area (Å²) in [5.41, 5.74) is 0.951. The highest BCUT2D eigenvalue weighted by molar-refractivity contribution is 9.10. The van der Waals surface area contributed by atoms with E-state index in [4.69, 9.17) is 14.4 Å². The van der Waals surface area contributed by atoms with Crippen LogP contribution in [0.2, 0.25) is 0 Å². The summed E-state index contributed by atoms with van der Waals surface area (Å²) in [7, 11) is 0. The van der Waals surface area contributed by atoms with E-state index < -0.39 is 0 Å². The van der Waals surface area contributed by atoms with Crippen LogP contribution in [0, 0.1) is 11.3 Å². The Labute approximate surface area is 128 Å². The Morgan fingerprint density at radius 1 is 1.24 bits per heavy atom. The SMILES string of the molecule is N#Cc1oc2ccccc2c1Oc1ccc(Br)cc1C=O. The van der Waals surface area contributed by atoms with Crippen LogP contribution in [-0.2, 0) is 0 Å². The summed E-state index contributed by atoms with van der Waals surface area (Å²) in [6.45, 7) is 0. The number of nitriles is 1. The van der Waals surface area contributed by atoms with Crippen molar-refractivity contribution in [3.8, 4) is 17.6 Å². The molecule has 21 heavy (non-hydrogen) atoms. The molecule has 0 spiro atoms. The smallest absolute Gasteiger partial charge is 0.247 e. The van der Waals surface area contributed by atoms with Crippen LogP contribution in [0.25, 0.3) is 11.0 Å². The molecule has 0 aliphatic rings. The van der Waals surface area contributed by atoms with Gasteiger partial charge in [0.05, 0.1) is 10.9 Å². The molecule has 102 valence electrons. The molecular weight excluding hydrogens is 334 g/mol. The number of benzene rings is 2. The van der Waals surface area contributed by atoms with Crippen LogP contribution in [0.3, 0.4) is 0 Å². The Hall–Kier alpha value is -2.58. The quantitative estimate of drug-likeness (QED) is 0.649. The number of para-hydroxylation sites is 1. The standard InChI is InChI=1S/C16H8BrNO3/c17-11-5-6-13(10(7-11)9-19)21-16-12-3-1-2-4-14(12)20-15(16)8-18/h1-7,9H. The largest absolute Gasteiger partial charge is 0.451 e. The van der Waals surface area contributed by atoms with Crippen molar-refractivity contribution in [2.75, 3.05) is 0 Å². The minimum absolute atomic E-state index is 0.0796. The van der Waals surface area contributed by atoms with Crippen LogP contribution in [0.1, 0.15) is 16.1 Å². The van der Waals surface area contributed by atoms with Gasteiger partial charge in [-0.2, -0.15) is 5.26 Å². The van der Waals surface area contributed by atoms with Crippen LogP contribution in [0.5, 0.6) is 11.5 Å². The number of fused-ring (bicyclic) bond motifs is 1. The molecule has 1 aromatic heterocycles. The van der Waals surface area contributed by atoms with Crippen molar-refractivity contribution in [2.24, 2.45) is 0 Å². The van der Waals surface area contributed by atoms with E-state index in [-0.39, 0.29) is 5.76 Å². The lowest BCUT2D eigenvalue weighted by atomic mass is 10.2. The van der Waals surface area contributed by atoms with E-state index in [0.29, 0.717) is 34.3 Å². The van der Waals surface area contributed by atoms with Gasteiger partial charge in [0.25, 0.3) is 0 Å². The summed E-state index contributed by atoms with van der Waals surface area (Å²) >= 11 is 3.30. The third-order valence-electron chi connectivity index (χ3n) is 2.96. The van der Waals surface area contributed by atoms with Crippen molar-refractivity contribution in [3.63, 3.8) is 0 Å². The summed E-state index contributed by atoms with van der Waals surface area (Å²) in [6, 6.07) is 14.2. The molecule has 1 heterocycles. The predicted molar refractivity (Wildman–Crippen MR) is 80.5 cm³/mol. The van der Waals surface area contributed by atoms with Gasteiger partial charge in [-0.1, -0.05) is 28.1 Å². The van der Waals surface area contributed by atoms with Gasteiger partial charge >= 0.3 is 0 Å². The molecule has 3 aromatic rings. The third kappa shape index (κ3) is 2.41. The molecule has 0 saturated heterocycles. The van der Waals surface area contributed by atoms with Crippen molar-refractivity contribution in [1.82, 2.24) is 0 Å². The molecule has 0 amide bonds. The molecule has 5 heteroatoms. The first kappa shape index (κ1) is 13.4. The van der Waals surface area contributed by atoms with Gasteiger partial charge in [0.1, 0.15) is 17.4 Å². The average molecular weight is 342 g/mol. The van der Waals surface area contributed by atoms with Crippen molar-refractivity contribution < 1.29 is 13.9 Å². The van der Waals surface area contributed by atoms with Crippen LogP contribution >= 0.6 is 15.9 Å². The number of rotatable bonds is 3. The number of carbonyl (C=O) groups excluding carboxylic acids is 1. The monoisotopic (exact) mass is 341 g/mol. The molecule has 4 nitrogen and oxygen atoms in total. The number of halogens is 1. The van der Waals surface area contributed by atoms with Crippen molar-refractivity contribution in [1.29, 1.82) is 5.26 Å². The van der Waals surface area contributed by atoms with Crippen molar-refractivity contribution in [3.05, 3.63) is 58.3 Å². The maximum Gasteiger partial charge on any atom is 0.247 e. The van der Waals surface area contributed by atoms with Gasteiger partial charge in [-0.15, -0.1) is 0 Å². The fraction of sp³-hybridized carbons (Fsp3) is 0. The zero-order chi connectivity index (χ0) is 14.8. The first-order valence-electron chi connectivity index (χ1n) is 6.07. The molecule has 0 fully saturated rings. The Balaban J connectivity index is 2.14. The van der Waals surface area contributed by atoms with Crippen LogP contribution < -0.4 is 4.74 Å².